The summed E-state index contributed by atoms with van der Waals surface area (Å²) in [6, 6.07) is 3.41. The van der Waals surface area contributed by atoms with Gasteiger partial charge in [-0.3, -0.25) is 5.32 Å². The molecule has 0 saturated carbocycles. The van der Waals surface area contributed by atoms with E-state index in [0.29, 0.717) is 16.1 Å². The number of esters is 1. The predicted molar refractivity (Wildman–Crippen MR) is 65.0 cm³/mol. The molecule has 0 radical (unpaired) electrons. The Hall–Kier alpha value is -1.27. The third kappa shape index (κ3) is 4.72. The molecule has 0 saturated heterocycles. The van der Waals surface area contributed by atoms with Crippen LogP contribution in [0, 0.1) is 6.92 Å². The lowest BCUT2D eigenvalue weighted by Crippen LogP contribution is -2.37. The first-order chi connectivity index (χ1) is 8.74. The van der Waals surface area contributed by atoms with E-state index in [1.54, 1.807) is 13.0 Å². The molecule has 0 bridgehead atoms. The number of carbonyl (C=O) groups is 1. The van der Waals surface area contributed by atoms with Crippen LogP contribution in [0.15, 0.2) is 18.2 Å². The molecule has 0 spiro atoms. The standard InChI is InChI=1S/C12H13ClF3NO2/c1-7-5-8(13)3-4-9(7)10(11(18)19-2)17-6-12(14,15)16/h3-5,10,17H,6H2,1-2H3. The number of methoxy groups -OCH3 is 1. The van der Waals surface area contributed by atoms with Crippen LogP contribution in [0.25, 0.3) is 0 Å². The number of halogens is 4. The first kappa shape index (κ1) is 15.8. The van der Waals surface area contributed by atoms with Crippen LogP contribution in [0.4, 0.5) is 13.2 Å². The molecule has 1 rings (SSSR count). The molecule has 7 heteroatoms. The average molecular weight is 296 g/mol. The van der Waals surface area contributed by atoms with Gasteiger partial charge in [-0.2, -0.15) is 13.2 Å². The van der Waals surface area contributed by atoms with Crippen LogP contribution in [-0.4, -0.2) is 25.8 Å². The molecular weight excluding hydrogens is 283 g/mol. The summed E-state index contributed by atoms with van der Waals surface area (Å²) in [7, 11) is 1.12. The molecule has 106 valence electrons. The smallest absolute Gasteiger partial charge is 0.401 e. The summed E-state index contributed by atoms with van der Waals surface area (Å²) >= 11 is 5.77. The second-order valence-electron chi connectivity index (χ2n) is 3.95. The van der Waals surface area contributed by atoms with Gasteiger partial charge in [0, 0.05) is 5.02 Å². The van der Waals surface area contributed by atoms with Crippen LogP contribution >= 0.6 is 11.6 Å². The zero-order valence-corrected chi connectivity index (χ0v) is 11.1. The number of aryl methyl sites for hydroxylation is 1. The fraction of sp³-hybridized carbons (Fsp3) is 0.417. The Balaban J connectivity index is 3.00. The van der Waals surface area contributed by atoms with Gasteiger partial charge in [-0.05, 0) is 30.2 Å². The van der Waals surface area contributed by atoms with Crippen molar-refractivity contribution in [1.82, 2.24) is 5.32 Å². The summed E-state index contributed by atoms with van der Waals surface area (Å²) in [5, 5.41) is 2.59. The molecule has 0 amide bonds. The van der Waals surface area contributed by atoms with Gasteiger partial charge in [-0.15, -0.1) is 0 Å². The van der Waals surface area contributed by atoms with Crippen LogP contribution in [0.3, 0.4) is 0 Å². The molecule has 3 nitrogen and oxygen atoms in total. The zero-order chi connectivity index (χ0) is 14.6. The first-order valence-electron chi connectivity index (χ1n) is 5.38. The highest BCUT2D eigenvalue weighted by Crippen LogP contribution is 2.24. The lowest BCUT2D eigenvalue weighted by atomic mass is 10.0. The summed E-state index contributed by atoms with van der Waals surface area (Å²) in [6.07, 6.45) is -4.41. The van der Waals surface area contributed by atoms with Gasteiger partial charge < -0.3 is 4.74 Å². The van der Waals surface area contributed by atoms with Crippen molar-refractivity contribution >= 4 is 17.6 Å². The van der Waals surface area contributed by atoms with Crippen molar-refractivity contribution < 1.29 is 22.7 Å². The van der Waals surface area contributed by atoms with Crippen molar-refractivity contribution in [2.45, 2.75) is 19.1 Å². The summed E-state index contributed by atoms with van der Waals surface area (Å²) in [5.41, 5.74) is 1.01. The van der Waals surface area contributed by atoms with Gasteiger partial charge in [0.25, 0.3) is 0 Å². The minimum atomic E-state index is -4.41. The molecule has 0 fully saturated rings. The Morgan fingerprint density at radius 3 is 2.58 bits per heavy atom. The Labute approximate surface area is 113 Å². The van der Waals surface area contributed by atoms with E-state index in [1.807, 2.05) is 0 Å². The SMILES string of the molecule is COC(=O)C(NCC(F)(F)F)c1ccc(Cl)cc1C. The molecule has 1 aromatic carbocycles. The maximum Gasteiger partial charge on any atom is 0.401 e. The van der Waals surface area contributed by atoms with Gasteiger partial charge in [-0.1, -0.05) is 17.7 Å². The Morgan fingerprint density at radius 2 is 2.11 bits per heavy atom. The third-order valence-electron chi connectivity index (χ3n) is 2.49. The van der Waals surface area contributed by atoms with E-state index in [9.17, 15) is 18.0 Å². The van der Waals surface area contributed by atoms with Crippen LogP contribution in [0.1, 0.15) is 17.2 Å². The zero-order valence-electron chi connectivity index (χ0n) is 10.3. The fourth-order valence-electron chi connectivity index (χ4n) is 1.62. The number of ether oxygens (including phenoxy) is 1. The molecule has 0 heterocycles. The van der Waals surface area contributed by atoms with E-state index in [-0.39, 0.29) is 0 Å². The molecule has 1 aromatic rings. The van der Waals surface area contributed by atoms with E-state index in [2.05, 4.69) is 10.1 Å². The van der Waals surface area contributed by atoms with E-state index >= 15 is 0 Å². The Kier molecular flexibility index (Phi) is 5.20. The minimum absolute atomic E-state index is 0.403. The number of carbonyl (C=O) groups excluding carboxylic acids is 1. The van der Waals surface area contributed by atoms with E-state index in [1.165, 1.54) is 12.1 Å². The highest BCUT2D eigenvalue weighted by molar-refractivity contribution is 6.30. The van der Waals surface area contributed by atoms with Crippen molar-refractivity contribution in [3.63, 3.8) is 0 Å². The lowest BCUT2D eigenvalue weighted by molar-refractivity contribution is -0.146. The van der Waals surface area contributed by atoms with Crippen molar-refractivity contribution in [2.24, 2.45) is 0 Å². The second kappa shape index (κ2) is 6.25. The number of hydrogen-bond donors (Lipinski definition) is 1. The molecular formula is C12H13ClF3NO2. The van der Waals surface area contributed by atoms with Crippen molar-refractivity contribution in [3.8, 4) is 0 Å². The molecule has 0 aromatic heterocycles. The predicted octanol–water partition coefficient (Wildman–Crippen LogP) is 3.01. The Bertz CT molecular complexity index is 463. The molecule has 0 aliphatic carbocycles. The molecule has 19 heavy (non-hydrogen) atoms. The highest BCUT2D eigenvalue weighted by atomic mass is 35.5. The molecule has 1 unspecified atom stereocenters. The summed E-state index contributed by atoms with van der Waals surface area (Å²) < 4.78 is 41.2. The van der Waals surface area contributed by atoms with E-state index in [0.717, 1.165) is 7.11 Å². The summed E-state index contributed by atoms with van der Waals surface area (Å²) in [4.78, 5) is 11.6. The van der Waals surface area contributed by atoms with Gasteiger partial charge in [0.15, 0.2) is 0 Å². The lowest BCUT2D eigenvalue weighted by Gasteiger charge is -2.19. The largest absolute Gasteiger partial charge is 0.468 e. The van der Waals surface area contributed by atoms with Crippen molar-refractivity contribution in [2.75, 3.05) is 13.7 Å². The number of alkyl halides is 3. The topological polar surface area (TPSA) is 38.3 Å². The van der Waals surface area contributed by atoms with Gasteiger partial charge >= 0.3 is 12.1 Å². The monoisotopic (exact) mass is 295 g/mol. The Morgan fingerprint density at radius 1 is 1.47 bits per heavy atom. The van der Waals surface area contributed by atoms with Gasteiger partial charge in [-0.25, -0.2) is 4.79 Å². The van der Waals surface area contributed by atoms with Crippen molar-refractivity contribution in [1.29, 1.82) is 0 Å². The molecule has 1 N–H and O–H groups in total. The van der Waals surface area contributed by atoms with Gasteiger partial charge in [0.05, 0.1) is 13.7 Å². The quantitative estimate of drug-likeness (QED) is 0.868. The van der Waals surface area contributed by atoms with Crippen LogP contribution in [0.5, 0.6) is 0 Å². The maximum atomic E-state index is 12.2. The number of nitrogens with one attached hydrogen (secondary N) is 1. The second-order valence-corrected chi connectivity index (χ2v) is 4.39. The molecule has 0 aliphatic rings. The number of benzene rings is 1. The van der Waals surface area contributed by atoms with Crippen LogP contribution in [-0.2, 0) is 9.53 Å². The fourth-order valence-corrected chi connectivity index (χ4v) is 1.85. The first-order valence-corrected chi connectivity index (χ1v) is 5.76. The summed E-state index contributed by atoms with van der Waals surface area (Å²) in [6.45, 7) is 0.376. The van der Waals surface area contributed by atoms with Crippen molar-refractivity contribution in [3.05, 3.63) is 34.3 Å². The van der Waals surface area contributed by atoms with Gasteiger partial charge in [0.2, 0.25) is 0 Å². The number of hydrogen-bond acceptors (Lipinski definition) is 3. The van der Waals surface area contributed by atoms with E-state index in [4.69, 9.17) is 11.6 Å². The van der Waals surface area contributed by atoms with Crippen LogP contribution < -0.4 is 5.32 Å². The number of rotatable bonds is 4. The van der Waals surface area contributed by atoms with Crippen LogP contribution in [0.2, 0.25) is 5.02 Å². The van der Waals surface area contributed by atoms with Gasteiger partial charge in [0.1, 0.15) is 6.04 Å². The average Bonchev–Trinajstić information content (AvgIpc) is 2.29. The molecule has 0 aliphatic heterocycles. The minimum Gasteiger partial charge on any atom is -0.468 e. The summed E-state index contributed by atoms with van der Waals surface area (Å²) in [5.74, 6) is -0.783. The maximum absolute atomic E-state index is 12.2. The normalized spacial score (nSPS) is 13.2. The molecule has 1 atom stereocenters. The third-order valence-corrected chi connectivity index (χ3v) is 2.72. The highest BCUT2D eigenvalue weighted by Gasteiger charge is 2.31. The van der Waals surface area contributed by atoms with E-state index < -0.39 is 24.7 Å².